The first kappa shape index (κ1) is 14.3. The van der Waals surface area contributed by atoms with Crippen LogP contribution < -0.4 is 5.32 Å². The van der Waals surface area contributed by atoms with Crippen molar-refractivity contribution >= 4 is 5.78 Å². The van der Waals surface area contributed by atoms with E-state index in [0.29, 0.717) is 5.78 Å². The smallest absolute Gasteiger partial charge is 0.170 e. The second-order valence-corrected chi connectivity index (χ2v) is 5.73. The van der Waals surface area contributed by atoms with Crippen molar-refractivity contribution in [3.63, 3.8) is 0 Å². The molecule has 0 radical (unpaired) electrons. The third-order valence-corrected chi connectivity index (χ3v) is 4.21. The molecule has 1 fully saturated rings. The summed E-state index contributed by atoms with van der Waals surface area (Å²) in [6.07, 6.45) is 5.29. The number of ketones is 1. The quantitative estimate of drug-likeness (QED) is 0.791. The zero-order chi connectivity index (χ0) is 13.7. The molecule has 1 heterocycles. The Morgan fingerprint density at radius 3 is 2.47 bits per heavy atom. The molecule has 0 amide bonds. The molecule has 1 aromatic rings. The van der Waals surface area contributed by atoms with Crippen LogP contribution >= 0.6 is 0 Å². The van der Waals surface area contributed by atoms with Crippen LogP contribution in [0.4, 0.5) is 0 Å². The molecule has 1 saturated heterocycles. The molecule has 2 heteroatoms. The topological polar surface area (TPSA) is 29.1 Å². The molecule has 0 bridgehead atoms. The van der Waals surface area contributed by atoms with E-state index in [0.717, 1.165) is 50.8 Å². The normalized spacial score (nSPS) is 22.6. The number of Topliss-reactive ketones (excluding diaryl/α,β-unsaturated/α-hetero) is 1. The Labute approximate surface area is 116 Å². The first-order chi connectivity index (χ1) is 9.22. The summed E-state index contributed by atoms with van der Waals surface area (Å²) in [7, 11) is 0. The zero-order valence-electron chi connectivity index (χ0n) is 12.2. The van der Waals surface area contributed by atoms with Crippen LogP contribution in [-0.4, -0.2) is 18.9 Å². The molecule has 1 unspecified atom stereocenters. The van der Waals surface area contributed by atoms with Gasteiger partial charge in [0, 0.05) is 17.5 Å². The lowest BCUT2D eigenvalue weighted by atomic mass is 9.76. The summed E-state index contributed by atoms with van der Waals surface area (Å²) in [6.45, 7) is 6.16. The van der Waals surface area contributed by atoms with Crippen LogP contribution in [0.1, 0.15) is 55.5 Å². The molecule has 104 valence electrons. The maximum Gasteiger partial charge on any atom is 0.170 e. The van der Waals surface area contributed by atoms with Crippen molar-refractivity contribution in [2.75, 3.05) is 13.1 Å². The van der Waals surface area contributed by atoms with Gasteiger partial charge in [-0.1, -0.05) is 51.0 Å². The van der Waals surface area contributed by atoms with Gasteiger partial charge in [-0.15, -0.1) is 0 Å². The molecule has 0 saturated carbocycles. The largest absolute Gasteiger partial charge is 0.316 e. The number of hydrogen-bond acceptors (Lipinski definition) is 2. The summed E-state index contributed by atoms with van der Waals surface area (Å²) in [6, 6.07) is 8.25. The average Bonchev–Trinajstić information content (AvgIpc) is 2.89. The summed E-state index contributed by atoms with van der Waals surface area (Å²) in [4.78, 5) is 12.8. The predicted octanol–water partition coefficient (Wildman–Crippen LogP) is 3.60. The van der Waals surface area contributed by atoms with Gasteiger partial charge in [0.2, 0.25) is 0 Å². The second kappa shape index (κ2) is 6.33. The number of carbonyl (C=O) groups excluding carboxylic acids is 1. The fourth-order valence-corrected chi connectivity index (χ4v) is 3.16. The molecule has 0 aromatic heterocycles. The third-order valence-electron chi connectivity index (χ3n) is 4.21. The summed E-state index contributed by atoms with van der Waals surface area (Å²) in [5.74, 6) is 0.336. The molecule has 0 aliphatic carbocycles. The van der Waals surface area contributed by atoms with E-state index in [-0.39, 0.29) is 5.41 Å². The number of nitrogens with one attached hydrogen (secondary N) is 1. The maximum absolute atomic E-state index is 12.8. The number of rotatable bonds is 6. The highest BCUT2D eigenvalue weighted by molar-refractivity contribution is 6.01. The lowest BCUT2D eigenvalue weighted by Crippen LogP contribution is -2.33. The molecular weight excluding hydrogens is 234 g/mol. The fourth-order valence-electron chi connectivity index (χ4n) is 3.16. The SMILES string of the molecule is CCCc1ccc(C(=O)C2(CCC)CCNC2)cc1. The van der Waals surface area contributed by atoms with E-state index in [1.165, 1.54) is 5.56 Å². The summed E-state index contributed by atoms with van der Waals surface area (Å²) in [5, 5.41) is 3.36. The first-order valence-corrected chi connectivity index (χ1v) is 7.56. The fraction of sp³-hybridized carbons (Fsp3) is 0.588. The number of benzene rings is 1. The Balaban J connectivity index is 2.17. The minimum Gasteiger partial charge on any atom is -0.316 e. The van der Waals surface area contributed by atoms with Gasteiger partial charge in [0.1, 0.15) is 0 Å². The van der Waals surface area contributed by atoms with Crippen molar-refractivity contribution in [2.45, 2.75) is 46.0 Å². The van der Waals surface area contributed by atoms with Crippen molar-refractivity contribution in [3.8, 4) is 0 Å². The van der Waals surface area contributed by atoms with E-state index in [1.807, 2.05) is 12.1 Å². The highest BCUT2D eigenvalue weighted by Gasteiger charge is 2.40. The van der Waals surface area contributed by atoms with Crippen molar-refractivity contribution in [3.05, 3.63) is 35.4 Å². The van der Waals surface area contributed by atoms with Gasteiger partial charge in [-0.25, -0.2) is 0 Å². The minimum atomic E-state index is -0.152. The second-order valence-electron chi connectivity index (χ2n) is 5.73. The number of hydrogen-bond donors (Lipinski definition) is 1. The van der Waals surface area contributed by atoms with Gasteiger partial charge in [0.05, 0.1) is 0 Å². The van der Waals surface area contributed by atoms with E-state index >= 15 is 0 Å². The van der Waals surface area contributed by atoms with Crippen molar-refractivity contribution in [1.82, 2.24) is 5.32 Å². The maximum atomic E-state index is 12.8. The van der Waals surface area contributed by atoms with Gasteiger partial charge < -0.3 is 5.32 Å². The summed E-state index contributed by atoms with van der Waals surface area (Å²) >= 11 is 0. The van der Waals surface area contributed by atoms with Crippen LogP contribution in [0.15, 0.2) is 24.3 Å². The van der Waals surface area contributed by atoms with Gasteiger partial charge in [0.15, 0.2) is 5.78 Å². The van der Waals surface area contributed by atoms with Gasteiger partial charge in [0.25, 0.3) is 0 Å². The third kappa shape index (κ3) is 3.06. The molecule has 2 rings (SSSR count). The Morgan fingerprint density at radius 2 is 1.95 bits per heavy atom. The van der Waals surface area contributed by atoms with Crippen LogP contribution in [0.5, 0.6) is 0 Å². The van der Waals surface area contributed by atoms with E-state index in [1.54, 1.807) is 0 Å². The Bertz CT molecular complexity index is 415. The zero-order valence-corrected chi connectivity index (χ0v) is 12.2. The molecule has 19 heavy (non-hydrogen) atoms. The highest BCUT2D eigenvalue weighted by Crippen LogP contribution is 2.34. The first-order valence-electron chi connectivity index (χ1n) is 7.56. The molecule has 2 nitrogen and oxygen atoms in total. The molecular formula is C17H25NO. The monoisotopic (exact) mass is 259 g/mol. The van der Waals surface area contributed by atoms with Crippen molar-refractivity contribution < 1.29 is 4.79 Å². The van der Waals surface area contributed by atoms with Crippen LogP contribution in [-0.2, 0) is 6.42 Å². The molecule has 1 aromatic carbocycles. The Hall–Kier alpha value is -1.15. The predicted molar refractivity (Wildman–Crippen MR) is 79.6 cm³/mol. The van der Waals surface area contributed by atoms with Gasteiger partial charge in [-0.3, -0.25) is 4.79 Å². The average molecular weight is 259 g/mol. The molecule has 1 aliphatic rings. The van der Waals surface area contributed by atoms with Gasteiger partial charge >= 0.3 is 0 Å². The Kier molecular flexibility index (Phi) is 4.76. The van der Waals surface area contributed by atoms with Crippen LogP contribution in [0.3, 0.4) is 0 Å². The molecule has 1 aliphatic heterocycles. The number of aryl methyl sites for hydroxylation is 1. The van der Waals surface area contributed by atoms with E-state index in [9.17, 15) is 4.79 Å². The summed E-state index contributed by atoms with van der Waals surface area (Å²) < 4.78 is 0. The minimum absolute atomic E-state index is 0.152. The summed E-state index contributed by atoms with van der Waals surface area (Å²) in [5.41, 5.74) is 2.06. The van der Waals surface area contributed by atoms with Crippen LogP contribution in [0.2, 0.25) is 0 Å². The Morgan fingerprint density at radius 1 is 1.21 bits per heavy atom. The molecule has 1 atom stereocenters. The molecule has 1 N–H and O–H groups in total. The van der Waals surface area contributed by atoms with Gasteiger partial charge in [-0.05, 0) is 31.4 Å². The lowest BCUT2D eigenvalue weighted by Gasteiger charge is -2.26. The molecule has 0 spiro atoms. The van der Waals surface area contributed by atoms with Crippen molar-refractivity contribution in [2.24, 2.45) is 5.41 Å². The van der Waals surface area contributed by atoms with Crippen LogP contribution in [0, 0.1) is 5.41 Å². The van der Waals surface area contributed by atoms with E-state index in [2.05, 4.69) is 31.3 Å². The lowest BCUT2D eigenvalue weighted by molar-refractivity contribution is 0.0802. The van der Waals surface area contributed by atoms with Gasteiger partial charge in [-0.2, -0.15) is 0 Å². The van der Waals surface area contributed by atoms with E-state index < -0.39 is 0 Å². The van der Waals surface area contributed by atoms with Crippen molar-refractivity contribution in [1.29, 1.82) is 0 Å². The van der Waals surface area contributed by atoms with Crippen LogP contribution in [0.25, 0.3) is 0 Å². The van der Waals surface area contributed by atoms with E-state index in [4.69, 9.17) is 0 Å². The highest BCUT2D eigenvalue weighted by atomic mass is 16.1. The number of carbonyl (C=O) groups is 1. The standard InChI is InChI=1S/C17H25NO/c1-3-5-14-6-8-15(9-7-14)16(19)17(10-4-2)11-12-18-13-17/h6-9,18H,3-5,10-13H2,1-2H3.